The van der Waals surface area contributed by atoms with Crippen molar-refractivity contribution in [2.24, 2.45) is 10.4 Å². The lowest BCUT2D eigenvalue weighted by Gasteiger charge is -2.38. The molecule has 0 aromatic heterocycles. The molecule has 28 heavy (non-hydrogen) atoms. The molecule has 1 aliphatic heterocycles. The number of piperazine rings is 1. The Labute approximate surface area is 187 Å². The number of phenols is 1. The number of aliphatic imine (C=N–C) groups is 1. The van der Waals surface area contributed by atoms with Crippen LogP contribution in [0.3, 0.4) is 0 Å². The SMILES string of the molecule is CCNC(=NCC(CC)(CC)CCO)N1CCN(c2ccccc2O)CC1.I. The van der Waals surface area contributed by atoms with E-state index < -0.39 is 0 Å². The Kier molecular flexibility index (Phi) is 11.0. The molecule has 160 valence electrons. The van der Waals surface area contributed by atoms with Gasteiger partial charge >= 0.3 is 0 Å². The van der Waals surface area contributed by atoms with Crippen molar-refractivity contribution in [3.8, 4) is 5.75 Å². The number of hydrogen-bond acceptors (Lipinski definition) is 4. The Bertz CT molecular complexity index is 600. The highest BCUT2D eigenvalue weighted by molar-refractivity contribution is 14.0. The zero-order chi connectivity index (χ0) is 19.7. The van der Waals surface area contributed by atoms with Crippen LogP contribution in [0, 0.1) is 5.41 Å². The lowest BCUT2D eigenvalue weighted by Crippen LogP contribution is -2.52. The maximum Gasteiger partial charge on any atom is 0.194 e. The molecule has 0 radical (unpaired) electrons. The van der Waals surface area contributed by atoms with Crippen LogP contribution in [0.5, 0.6) is 5.75 Å². The molecule has 7 heteroatoms. The van der Waals surface area contributed by atoms with Crippen LogP contribution in [-0.2, 0) is 0 Å². The standard InChI is InChI=1S/C21H36N4O2.HI/c1-4-21(5-2,11-16-26)17-23-20(22-6-3)25-14-12-24(13-15-25)18-9-7-8-10-19(18)27;/h7-10,26-27H,4-6,11-17H2,1-3H3,(H,22,23);1H. The Morgan fingerprint density at radius 2 is 1.75 bits per heavy atom. The molecule has 1 aromatic carbocycles. The third kappa shape index (κ3) is 6.40. The summed E-state index contributed by atoms with van der Waals surface area (Å²) in [4.78, 5) is 9.46. The molecule has 0 unspecified atom stereocenters. The molecule has 1 aliphatic rings. The monoisotopic (exact) mass is 504 g/mol. The van der Waals surface area contributed by atoms with E-state index in [9.17, 15) is 10.2 Å². The average molecular weight is 504 g/mol. The van der Waals surface area contributed by atoms with Gasteiger partial charge in [0.15, 0.2) is 5.96 Å². The lowest BCUT2D eigenvalue weighted by atomic mass is 9.79. The number of aromatic hydroxyl groups is 1. The van der Waals surface area contributed by atoms with Gasteiger partial charge in [-0.1, -0.05) is 26.0 Å². The van der Waals surface area contributed by atoms with Crippen LogP contribution in [0.15, 0.2) is 29.3 Å². The van der Waals surface area contributed by atoms with Crippen molar-refractivity contribution >= 4 is 35.6 Å². The number of guanidine groups is 1. The van der Waals surface area contributed by atoms with Gasteiger partial charge in [0.2, 0.25) is 0 Å². The minimum Gasteiger partial charge on any atom is -0.506 e. The van der Waals surface area contributed by atoms with Crippen LogP contribution in [0.1, 0.15) is 40.0 Å². The molecule has 1 heterocycles. The molecule has 2 rings (SSSR count). The number of anilines is 1. The maximum atomic E-state index is 10.1. The van der Waals surface area contributed by atoms with E-state index >= 15 is 0 Å². The van der Waals surface area contributed by atoms with E-state index in [0.717, 1.165) is 70.2 Å². The number of aliphatic hydroxyl groups excluding tert-OH is 1. The molecule has 0 spiro atoms. The van der Waals surface area contributed by atoms with Gasteiger partial charge in [-0.05, 0) is 43.7 Å². The van der Waals surface area contributed by atoms with E-state index in [1.54, 1.807) is 6.07 Å². The van der Waals surface area contributed by atoms with Crippen LogP contribution in [-0.4, -0.2) is 66.9 Å². The molecule has 1 aromatic rings. The summed E-state index contributed by atoms with van der Waals surface area (Å²) < 4.78 is 0. The number of benzene rings is 1. The van der Waals surface area contributed by atoms with Gasteiger partial charge in [-0.25, -0.2) is 0 Å². The molecule has 0 bridgehead atoms. The van der Waals surface area contributed by atoms with Crippen LogP contribution < -0.4 is 10.2 Å². The van der Waals surface area contributed by atoms with Crippen molar-refractivity contribution in [1.82, 2.24) is 10.2 Å². The van der Waals surface area contributed by atoms with E-state index in [1.165, 1.54) is 0 Å². The summed E-state index contributed by atoms with van der Waals surface area (Å²) in [5.74, 6) is 1.30. The molecule has 0 amide bonds. The Morgan fingerprint density at radius 3 is 2.29 bits per heavy atom. The summed E-state index contributed by atoms with van der Waals surface area (Å²) in [5.41, 5.74) is 0.977. The number of aliphatic hydroxyl groups is 1. The van der Waals surface area contributed by atoms with Gasteiger partial charge in [0, 0.05) is 45.9 Å². The van der Waals surface area contributed by atoms with E-state index in [1.807, 2.05) is 18.2 Å². The molecule has 1 fully saturated rings. The quantitative estimate of drug-likeness (QED) is 0.288. The molecule has 6 nitrogen and oxygen atoms in total. The fraction of sp³-hybridized carbons (Fsp3) is 0.667. The number of hydrogen-bond donors (Lipinski definition) is 3. The van der Waals surface area contributed by atoms with Crippen molar-refractivity contribution in [1.29, 1.82) is 0 Å². The Hall–Kier alpha value is -1.22. The summed E-state index contributed by atoms with van der Waals surface area (Å²) in [6.45, 7) is 11.7. The van der Waals surface area contributed by atoms with Crippen molar-refractivity contribution in [2.75, 3.05) is 50.8 Å². The van der Waals surface area contributed by atoms with Gasteiger partial charge in [-0.3, -0.25) is 4.99 Å². The predicted octanol–water partition coefficient (Wildman–Crippen LogP) is 3.29. The number of halogens is 1. The number of phenolic OH excluding ortho intramolecular Hbond substituents is 1. The first kappa shape index (κ1) is 24.8. The first-order chi connectivity index (χ1) is 13.1. The van der Waals surface area contributed by atoms with Crippen molar-refractivity contribution in [3.63, 3.8) is 0 Å². The topological polar surface area (TPSA) is 71.3 Å². The van der Waals surface area contributed by atoms with E-state index in [-0.39, 0.29) is 36.0 Å². The Balaban J connectivity index is 0.00000392. The normalized spacial score (nSPS) is 15.4. The third-order valence-electron chi connectivity index (χ3n) is 5.84. The van der Waals surface area contributed by atoms with Crippen LogP contribution in [0.4, 0.5) is 5.69 Å². The molecular weight excluding hydrogens is 467 g/mol. The fourth-order valence-electron chi connectivity index (χ4n) is 3.70. The highest BCUT2D eigenvalue weighted by Gasteiger charge is 2.27. The highest BCUT2D eigenvalue weighted by atomic mass is 127. The molecule has 1 saturated heterocycles. The zero-order valence-corrected chi connectivity index (χ0v) is 19.9. The lowest BCUT2D eigenvalue weighted by molar-refractivity contribution is 0.175. The van der Waals surface area contributed by atoms with E-state index in [4.69, 9.17) is 4.99 Å². The fourth-order valence-corrected chi connectivity index (χ4v) is 3.70. The minimum atomic E-state index is 0. The van der Waals surface area contributed by atoms with Gasteiger partial charge < -0.3 is 25.3 Å². The van der Waals surface area contributed by atoms with Crippen molar-refractivity contribution in [3.05, 3.63) is 24.3 Å². The summed E-state index contributed by atoms with van der Waals surface area (Å²) in [5, 5.41) is 23.0. The van der Waals surface area contributed by atoms with Gasteiger partial charge in [0.05, 0.1) is 5.69 Å². The van der Waals surface area contributed by atoms with Gasteiger partial charge in [-0.2, -0.15) is 0 Å². The minimum absolute atomic E-state index is 0. The van der Waals surface area contributed by atoms with Crippen LogP contribution >= 0.6 is 24.0 Å². The summed E-state index contributed by atoms with van der Waals surface area (Å²) >= 11 is 0. The number of nitrogens with one attached hydrogen (secondary N) is 1. The summed E-state index contributed by atoms with van der Waals surface area (Å²) in [6, 6.07) is 7.52. The number of para-hydroxylation sites is 2. The molecule has 3 N–H and O–H groups in total. The first-order valence-electron chi connectivity index (χ1n) is 10.3. The van der Waals surface area contributed by atoms with Crippen LogP contribution in [0.2, 0.25) is 0 Å². The smallest absolute Gasteiger partial charge is 0.194 e. The van der Waals surface area contributed by atoms with E-state index in [2.05, 4.69) is 35.9 Å². The highest BCUT2D eigenvalue weighted by Crippen LogP contribution is 2.31. The zero-order valence-electron chi connectivity index (χ0n) is 17.5. The second-order valence-electron chi connectivity index (χ2n) is 7.31. The molecule has 0 aliphatic carbocycles. The Morgan fingerprint density at radius 1 is 1.11 bits per heavy atom. The van der Waals surface area contributed by atoms with Crippen molar-refractivity contribution < 1.29 is 10.2 Å². The number of rotatable bonds is 8. The first-order valence-corrected chi connectivity index (χ1v) is 10.3. The van der Waals surface area contributed by atoms with Gasteiger partial charge in [0.1, 0.15) is 5.75 Å². The van der Waals surface area contributed by atoms with Crippen molar-refractivity contribution in [2.45, 2.75) is 40.0 Å². The van der Waals surface area contributed by atoms with Gasteiger partial charge in [0.25, 0.3) is 0 Å². The average Bonchev–Trinajstić information content (AvgIpc) is 2.71. The summed E-state index contributed by atoms with van der Waals surface area (Å²) in [6.07, 6.45) is 2.84. The van der Waals surface area contributed by atoms with Crippen LogP contribution in [0.25, 0.3) is 0 Å². The summed E-state index contributed by atoms with van der Waals surface area (Å²) in [7, 11) is 0. The molecular formula is C21H37IN4O2. The third-order valence-corrected chi connectivity index (χ3v) is 5.84. The predicted molar refractivity (Wildman–Crippen MR) is 128 cm³/mol. The second-order valence-corrected chi connectivity index (χ2v) is 7.31. The maximum absolute atomic E-state index is 10.1. The number of nitrogens with zero attached hydrogens (tertiary/aromatic N) is 3. The molecule has 0 atom stereocenters. The van der Waals surface area contributed by atoms with E-state index in [0.29, 0.717) is 5.75 Å². The molecule has 0 saturated carbocycles. The second kappa shape index (κ2) is 12.4. The van der Waals surface area contributed by atoms with Gasteiger partial charge in [-0.15, -0.1) is 24.0 Å². The largest absolute Gasteiger partial charge is 0.506 e.